The van der Waals surface area contributed by atoms with Crippen molar-refractivity contribution >= 4 is 7.83 Å². The maximum atomic E-state index is 12.0. The summed E-state index contributed by atoms with van der Waals surface area (Å²) >= 11 is 0. The third kappa shape index (κ3) is 4.51. The van der Waals surface area contributed by atoms with Gasteiger partial charge in [-0.1, -0.05) is 5.92 Å². The van der Waals surface area contributed by atoms with Crippen molar-refractivity contribution in [1.29, 1.82) is 0 Å². The summed E-state index contributed by atoms with van der Waals surface area (Å²) in [6.07, 6.45) is 4.90. The van der Waals surface area contributed by atoms with Crippen LogP contribution in [0.5, 0.6) is 0 Å². The third-order valence-electron chi connectivity index (χ3n) is 0.778. The Kier molecular flexibility index (Phi) is 2.61. The van der Waals surface area contributed by atoms with E-state index in [1.54, 1.807) is 5.09 Å². The Morgan fingerprint density at radius 1 is 1.80 bits per heavy atom. The van der Waals surface area contributed by atoms with Gasteiger partial charge in [0.2, 0.25) is 0 Å². The van der Waals surface area contributed by atoms with Crippen molar-refractivity contribution in [2.24, 2.45) is 0 Å². The Morgan fingerprint density at radius 2 is 2.20 bits per heavy atom. The van der Waals surface area contributed by atoms with Crippen LogP contribution < -0.4 is 5.09 Å². The molecule has 0 aliphatic rings. The minimum absolute atomic E-state index is 1.08. The zero-order chi connectivity index (χ0) is 8.41. The fourth-order valence-corrected chi connectivity index (χ4v) is 1.13. The van der Waals surface area contributed by atoms with Crippen molar-refractivity contribution < 1.29 is 13.7 Å². The summed E-state index contributed by atoms with van der Waals surface area (Å²) in [5.74, 6) is 2.11. The molecule has 0 aromatic heterocycles. The molecular formula is C5H9FNO2P. The van der Waals surface area contributed by atoms with Crippen LogP contribution in [0.2, 0.25) is 0 Å². The van der Waals surface area contributed by atoms with Crippen molar-refractivity contribution in [1.82, 2.24) is 5.09 Å². The second-order valence-corrected chi connectivity index (χ2v) is 3.61. The van der Waals surface area contributed by atoms with Gasteiger partial charge in [-0.05, 0) is 13.8 Å². The first-order valence-electron chi connectivity index (χ1n) is 2.56. The summed E-state index contributed by atoms with van der Waals surface area (Å²) in [5, 5.41) is 1.75. The van der Waals surface area contributed by atoms with Crippen LogP contribution in [0.15, 0.2) is 0 Å². The van der Waals surface area contributed by atoms with E-state index >= 15 is 0 Å². The molecule has 10 heavy (non-hydrogen) atoms. The Morgan fingerprint density at radius 3 is 2.30 bits per heavy atom. The fourth-order valence-electron chi connectivity index (χ4n) is 0.377. The van der Waals surface area contributed by atoms with Gasteiger partial charge in [0.05, 0.1) is 5.54 Å². The van der Waals surface area contributed by atoms with Crippen LogP contribution in [0.4, 0.5) is 4.20 Å². The van der Waals surface area contributed by atoms with Crippen LogP contribution >= 0.6 is 7.83 Å². The van der Waals surface area contributed by atoms with Gasteiger partial charge >= 0.3 is 7.83 Å². The van der Waals surface area contributed by atoms with E-state index in [9.17, 15) is 8.76 Å². The number of terminal acetylenes is 1. The van der Waals surface area contributed by atoms with Gasteiger partial charge in [-0.25, -0.2) is 9.65 Å². The topological polar surface area (TPSA) is 49.3 Å². The van der Waals surface area contributed by atoms with E-state index in [1.807, 2.05) is 0 Å². The van der Waals surface area contributed by atoms with E-state index < -0.39 is 13.4 Å². The Balaban J connectivity index is 4.20. The molecule has 0 aromatic carbocycles. The average molecular weight is 165 g/mol. The summed E-state index contributed by atoms with van der Waals surface area (Å²) in [4.78, 5) is 8.17. The average Bonchev–Trinajstić information content (AvgIpc) is 1.60. The van der Waals surface area contributed by atoms with Crippen molar-refractivity contribution in [2.75, 3.05) is 0 Å². The van der Waals surface area contributed by atoms with Gasteiger partial charge in [-0.3, -0.25) is 0 Å². The highest BCUT2D eigenvalue weighted by molar-refractivity contribution is 7.50. The molecule has 1 unspecified atom stereocenters. The Labute approximate surface area is 59.3 Å². The quantitative estimate of drug-likeness (QED) is 0.475. The van der Waals surface area contributed by atoms with Crippen LogP contribution in [0, 0.1) is 12.3 Å². The van der Waals surface area contributed by atoms with E-state index in [1.165, 1.54) is 13.8 Å². The molecule has 0 rings (SSSR count). The molecule has 0 heterocycles. The van der Waals surface area contributed by atoms with Crippen molar-refractivity contribution in [2.45, 2.75) is 19.4 Å². The normalized spacial score (nSPS) is 17.5. The minimum Gasteiger partial charge on any atom is -0.309 e. The number of rotatable bonds is 2. The summed E-state index contributed by atoms with van der Waals surface area (Å²) in [6, 6.07) is 0. The highest BCUT2D eigenvalue weighted by Crippen LogP contribution is 2.39. The van der Waals surface area contributed by atoms with E-state index in [0.717, 1.165) is 0 Å². The van der Waals surface area contributed by atoms with Gasteiger partial charge in [0.25, 0.3) is 0 Å². The fraction of sp³-hybridized carbons (Fsp3) is 0.600. The van der Waals surface area contributed by atoms with Gasteiger partial charge in [0.15, 0.2) is 0 Å². The molecule has 0 fully saturated rings. The third-order valence-corrected chi connectivity index (χ3v) is 1.61. The Hall–Kier alpha value is -0.360. The van der Waals surface area contributed by atoms with E-state index in [4.69, 9.17) is 11.3 Å². The maximum Gasteiger partial charge on any atom is 0.441 e. The SMILES string of the molecule is C#CC(C)(C)NP(=O)(O)F. The first-order valence-corrected chi connectivity index (χ1v) is 4.11. The maximum absolute atomic E-state index is 12.0. The van der Waals surface area contributed by atoms with Gasteiger partial charge in [0.1, 0.15) is 0 Å². The summed E-state index contributed by atoms with van der Waals surface area (Å²) in [5.41, 5.74) is -1.08. The Bertz CT molecular complexity index is 202. The second-order valence-electron chi connectivity index (χ2n) is 2.38. The predicted molar refractivity (Wildman–Crippen MR) is 37.0 cm³/mol. The van der Waals surface area contributed by atoms with Crippen LogP contribution in [-0.2, 0) is 4.57 Å². The lowest BCUT2D eigenvalue weighted by atomic mass is 10.1. The number of nitrogens with one attached hydrogen (secondary N) is 1. The smallest absolute Gasteiger partial charge is 0.309 e. The van der Waals surface area contributed by atoms with Crippen molar-refractivity contribution in [3.8, 4) is 12.3 Å². The first-order chi connectivity index (χ1) is 4.27. The lowest BCUT2D eigenvalue weighted by Gasteiger charge is -2.18. The zero-order valence-electron chi connectivity index (χ0n) is 5.76. The second kappa shape index (κ2) is 2.71. The number of hydrogen-bond acceptors (Lipinski definition) is 1. The molecule has 58 valence electrons. The highest BCUT2D eigenvalue weighted by Gasteiger charge is 2.25. The molecule has 5 heteroatoms. The number of halogens is 1. The van der Waals surface area contributed by atoms with E-state index in [0.29, 0.717) is 0 Å². The van der Waals surface area contributed by atoms with Gasteiger partial charge < -0.3 is 4.89 Å². The van der Waals surface area contributed by atoms with Crippen LogP contribution in [0.1, 0.15) is 13.8 Å². The molecular weight excluding hydrogens is 156 g/mol. The molecule has 0 saturated carbocycles. The lowest BCUT2D eigenvalue weighted by molar-refractivity contribution is 0.393. The number of hydrogen-bond donors (Lipinski definition) is 2. The minimum atomic E-state index is -4.70. The molecule has 0 bridgehead atoms. The molecule has 0 aromatic rings. The van der Waals surface area contributed by atoms with Crippen molar-refractivity contribution in [3.63, 3.8) is 0 Å². The van der Waals surface area contributed by atoms with Gasteiger partial charge in [-0.15, -0.1) is 10.6 Å². The molecule has 0 aliphatic carbocycles. The summed E-state index contributed by atoms with van der Waals surface area (Å²) < 4.78 is 22.0. The van der Waals surface area contributed by atoms with Crippen LogP contribution in [0.25, 0.3) is 0 Å². The van der Waals surface area contributed by atoms with Crippen molar-refractivity contribution in [3.05, 3.63) is 0 Å². The summed E-state index contributed by atoms with van der Waals surface area (Å²) in [6.45, 7) is 2.85. The molecule has 0 radical (unpaired) electrons. The molecule has 1 atom stereocenters. The standard InChI is InChI=1S/C5H9FNO2P/c1-4-5(2,3)7-10(6,8)9/h1H,2-3H3,(H2,7,8,9). The molecule has 0 aliphatic heterocycles. The molecule has 2 N–H and O–H groups in total. The monoisotopic (exact) mass is 165 g/mol. The molecule has 3 nitrogen and oxygen atoms in total. The zero-order valence-corrected chi connectivity index (χ0v) is 6.65. The predicted octanol–water partition coefficient (Wildman–Crippen LogP) is 1.06. The summed E-state index contributed by atoms with van der Waals surface area (Å²) in [7, 11) is -4.70. The highest BCUT2D eigenvalue weighted by atomic mass is 31.2. The lowest BCUT2D eigenvalue weighted by Crippen LogP contribution is -2.33. The molecule has 0 spiro atoms. The molecule has 0 amide bonds. The van der Waals surface area contributed by atoms with E-state index in [-0.39, 0.29) is 0 Å². The van der Waals surface area contributed by atoms with Crippen LogP contribution in [0.3, 0.4) is 0 Å². The van der Waals surface area contributed by atoms with E-state index in [2.05, 4.69) is 5.92 Å². The largest absolute Gasteiger partial charge is 0.441 e. The van der Waals surface area contributed by atoms with Gasteiger partial charge in [0, 0.05) is 0 Å². The van der Waals surface area contributed by atoms with Gasteiger partial charge in [-0.2, -0.15) is 0 Å². The first kappa shape index (κ1) is 9.64. The molecule has 0 saturated heterocycles. The van der Waals surface area contributed by atoms with Crippen LogP contribution in [-0.4, -0.2) is 10.4 Å².